The fourth-order valence-electron chi connectivity index (χ4n) is 2.93. The van der Waals surface area contributed by atoms with Crippen LogP contribution in [0.3, 0.4) is 0 Å². The summed E-state index contributed by atoms with van der Waals surface area (Å²) in [7, 11) is 0. The van der Waals surface area contributed by atoms with Crippen LogP contribution in [0.4, 0.5) is 5.82 Å². The zero-order chi connectivity index (χ0) is 16.6. The average molecular weight is 312 g/mol. The quantitative estimate of drug-likeness (QED) is 0.644. The molecular formula is C17H20N4O2. The van der Waals surface area contributed by atoms with Gasteiger partial charge in [0.15, 0.2) is 0 Å². The molecule has 2 aromatic rings. The molecule has 1 fully saturated rings. The number of carbonyl (C=O) groups excluding carboxylic acids is 1. The van der Waals surface area contributed by atoms with Gasteiger partial charge < -0.3 is 26.5 Å². The Hall–Kier alpha value is -2.89. The Kier molecular flexibility index (Phi) is 3.73. The first-order valence-corrected chi connectivity index (χ1v) is 7.46. The van der Waals surface area contributed by atoms with E-state index in [1.807, 2.05) is 19.1 Å². The number of nitrogens with two attached hydrogens (primary N) is 2. The molecule has 0 bridgehead atoms. The number of phenols is 1. The van der Waals surface area contributed by atoms with E-state index in [4.69, 9.17) is 11.5 Å². The molecule has 1 saturated heterocycles. The van der Waals surface area contributed by atoms with E-state index >= 15 is 0 Å². The van der Waals surface area contributed by atoms with Gasteiger partial charge in [-0.15, -0.1) is 0 Å². The third-order valence-electron chi connectivity index (χ3n) is 4.47. The Morgan fingerprint density at radius 1 is 1.43 bits per heavy atom. The van der Waals surface area contributed by atoms with Crippen molar-refractivity contribution in [3.63, 3.8) is 0 Å². The van der Waals surface area contributed by atoms with E-state index in [1.54, 1.807) is 29.2 Å². The second-order valence-corrected chi connectivity index (χ2v) is 5.86. The van der Waals surface area contributed by atoms with E-state index in [2.05, 4.69) is 4.98 Å². The molecule has 6 nitrogen and oxygen atoms in total. The number of para-hydroxylation sites is 1. The molecule has 1 aliphatic heterocycles. The van der Waals surface area contributed by atoms with Crippen LogP contribution in [-0.4, -0.2) is 34.0 Å². The molecule has 2 heterocycles. The van der Waals surface area contributed by atoms with Crippen LogP contribution in [0.25, 0.3) is 11.8 Å². The standard InChI is InChI=1S/C17H20N4O2/c1-10-13(8-21(10)9-22)15-7-11(17(19)20-15)6-14(18)12-4-2-3-5-16(12)23/h2-7,9-10,13,20,23H,8,18-19H2,1H3/b14-6-. The van der Waals surface area contributed by atoms with Crippen molar-refractivity contribution in [2.45, 2.75) is 18.9 Å². The number of benzene rings is 1. The summed E-state index contributed by atoms with van der Waals surface area (Å²) in [5.74, 6) is 0.899. The highest BCUT2D eigenvalue weighted by Crippen LogP contribution is 2.34. The molecule has 0 saturated carbocycles. The summed E-state index contributed by atoms with van der Waals surface area (Å²) in [6.45, 7) is 2.69. The Balaban J connectivity index is 1.86. The topological polar surface area (TPSA) is 108 Å². The summed E-state index contributed by atoms with van der Waals surface area (Å²) in [4.78, 5) is 15.7. The van der Waals surface area contributed by atoms with Crippen LogP contribution in [0.5, 0.6) is 5.75 Å². The minimum atomic E-state index is 0.129. The van der Waals surface area contributed by atoms with E-state index in [0.29, 0.717) is 23.6 Å². The maximum absolute atomic E-state index is 10.8. The molecule has 3 rings (SSSR count). The second-order valence-electron chi connectivity index (χ2n) is 5.86. The maximum Gasteiger partial charge on any atom is 0.209 e. The lowest BCUT2D eigenvalue weighted by atomic mass is 9.87. The number of hydrogen-bond acceptors (Lipinski definition) is 4. The van der Waals surface area contributed by atoms with Crippen molar-refractivity contribution in [1.82, 2.24) is 9.88 Å². The Morgan fingerprint density at radius 3 is 2.83 bits per heavy atom. The highest BCUT2D eigenvalue weighted by atomic mass is 16.3. The molecule has 0 aliphatic carbocycles. The number of nitrogens with one attached hydrogen (secondary N) is 1. The number of carbonyl (C=O) groups is 1. The third kappa shape index (κ3) is 2.63. The number of phenolic OH excluding ortho intramolecular Hbond substituents is 1. The molecule has 2 unspecified atom stereocenters. The zero-order valence-corrected chi connectivity index (χ0v) is 12.9. The first kappa shape index (κ1) is 15.0. The fourth-order valence-corrected chi connectivity index (χ4v) is 2.93. The van der Waals surface area contributed by atoms with Gasteiger partial charge in [-0.25, -0.2) is 0 Å². The van der Waals surface area contributed by atoms with E-state index < -0.39 is 0 Å². The minimum absolute atomic E-state index is 0.129. The van der Waals surface area contributed by atoms with Crippen LogP contribution in [0, 0.1) is 0 Å². The largest absolute Gasteiger partial charge is 0.507 e. The first-order chi connectivity index (χ1) is 11.0. The summed E-state index contributed by atoms with van der Waals surface area (Å²) < 4.78 is 0. The lowest BCUT2D eigenvalue weighted by molar-refractivity contribution is -0.125. The Labute approximate surface area is 134 Å². The van der Waals surface area contributed by atoms with E-state index in [1.165, 1.54) is 0 Å². The number of nitrogen functional groups attached to an aromatic ring is 1. The van der Waals surface area contributed by atoms with Gasteiger partial charge in [0, 0.05) is 41.0 Å². The van der Waals surface area contributed by atoms with E-state index in [9.17, 15) is 9.90 Å². The highest BCUT2D eigenvalue weighted by molar-refractivity contribution is 5.84. The predicted molar refractivity (Wildman–Crippen MR) is 90.3 cm³/mol. The van der Waals surface area contributed by atoms with Crippen molar-refractivity contribution in [3.8, 4) is 5.75 Å². The van der Waals surface area contributed by atoms with Gasteiger partial charge in [0.25, 0.3) is 0 Å². The molecule has 23 heavy (non-hydrogen) atoms. The summed E-state index contributed by atoms with van der Waals surface area (Å²) in [6.07, 6.45) is 2.61. The van der Waals surface area contributed by atoms with Gasteiger partial charge in [0.1, 0.15) is 11.6 Å². The van der Waals surface area contributed by atoms with Gasteiger partial charge in [-0.1, -0.05) is 12.1 Å². The number of likely N-dealkylation sites (tertiary alicyclic amines) is 1. The average Bonchev–Trinajstić information content (AvgIpc) is 2.87. The molecule has 1 aliphatic rings. The van der Waals surface area contributed by atoms with Gasteiger partial charge >= 0.3 is 0 Å². The smallest absolute Gasteiger partial charge is 0.209 e. The first-order valence-electron chi connectivity index (χ1n) is 7.46. The summed E-state index contributed by atoms with van der Waals surface area (Å²) in [5.41, 5.74) is 14.9. The van der Waals surface area contributed by atoms with Crippen LogP contribution in [0.15, 0.2) is 30.3 Å². The maximum atomic E-state index is 10.8. The second kappa shape index (κ2) is 5.72. The predicted octanol–water partition coefficient (Wildman–Crippen LogP) is 1.70. The van der Waals surface area contributed by atoms with Crippen LogP contribution in [0.2, 0.25) is 0 Å². The van der Waals surface area contributed by atoms with Gasteiger partial charge in [-0.05, 0) is 31.2 Å². The van der Waals surface area contributed by atoms with Gasteiger partial charge in [0.2, 0.25) is 6.41 Å². The highest BCUT2D eigenvalue weighted by Gasteiger charge is 2.36. The number of H-pyrrole nitrogens is 1. The molecule has 6 N–H and O–H groups in total. The number of hydrogen-bond donors (Lipinski definition) is 4. The SMILES string of the molecule is CC1C(c2cc(/C=C(\N)c3ccccc3O)c(N)[nH]2)CN1C=O. The normalized spacial score (nSPS) is 21.1. The van der Waals surface area contributed by atoms with Crippen molar-refractivity contribution in [2.24, 2.45) is 5.73 Å². The van der Waals surface area contributed by atoms with Crippen molar-refractivity contribution in [1.29, 1.82) is 0 Å². The van der Waals surface area contributed by atoms with Gasteiger partial charge in [-0.2, -0.15) is 0 Å². The van der Waals surface area contributed by atoms with E-state index in [-0.39, 0.29) is 17.7 Å². The number of anilines is 1. The van der Waals surface area contributed by atoms with Crippen molar-refractivity contribution >= 4 is 24.0 Å². The van der Waals surface area contributed by atoms with Crippen LogP contribution >= 0.6 is 0 Å². The van der Waals surface area contributed by atoms with Crippen LogP contribution < -0.4 is 11.5 Å². The van der Waals surface area contributed by atoms with Crippen molar-refractivity contribution < 1.29 is 9.90 Å². The molecule has 120 valence electrons. The molecule has 1 amide bonds. The fraction of sp³-hybridized carbons (Fsp3) is 0.235. The lowest BCUT2D eigenvalue weighted by Gasteiger charge is -2.43. The van der Waals surface area contributed by atoms with Crippen LogP contribution in [-0.2, 0) is 4.79 Å². The van der Waals surface area contributed by atoms with Crippen molar-refractivity contribution in [3.05, 3.63) is 47.2 Å². The molecule has 1 aromatic carbocycles. The Bertz CT molecular complexity index is 766. The lowest BCUT2D eigenvalue weighted by Crippen LogP contribution is -2.51. The van der Waals surface area contributed by atoms with Crippen LogP contribution in [0.1, 0.15) is 29.7 Å². The number of amides is 1. The molecule has 0 radical (unpaired) electrons. The molecular weight excluding hydrogens is 292 g/mol. The molecule has 6 heteroatoms. The number of rotatable bonds is 4. The molecule has 0 spiro atoms. The van der Waals surface area contributed by atoms with E-state index in [0.717, 1.165) is 17.7 Å². The number of aromatic amines is 1. The third-order valence-corrected chi connectivity index (χ3v) is 4.47. The number of aromatic nitrogens is 1. The molecule has 1 aromatic heterocycles. The summed E-state index contributed by atoms with van der Waals surface area (Å²) in [5, 5.41) is 9.86. The number of nitrogens with zero attached hydrogens (tertiary/aromatic N) is 1. The zero-order valence-electron chi connectivity index (χ0n) is 12.9. The van der Waals surface area contributed by atoms with Gasteiger partial charge in [0.05, 0.1) is 0 Å². The molecule has 2 atom stereocenters. The Morgan fingerprint density at radius 2 is 2.17 bits per heavy atom. The minimum Gasteiger partial charge on any atom is -0.507 e. The van der Waals surface area contributed by atoms with Gasteiger partial charge in [-0.3, -0.25) is 4.79 Å². The van der Waals surface area contributed by atoms with Crippen molar-refractivity contribution in [2.75, 3.05) is 12.3 Å². The summed E-state index contributed by atoms with van der Waals surface area (Å²) >= 11 is 0. The monoisotopic (exact) mass is 312 g/mol. The number of aromatic hydroxyl groups is 1. The summed E-state index contributed by atoms with van der Waals surface area (Å²) in [6, 6.07) is 8.99.